The number of piperazine rings is 2. The summed E-state index contributed by atoms with van der Waals surface area (Å²) in [5, 5.41) is 10.5. The molecule has 0 aromatic heterocycles. The van der Waals surface area contributed by atoms with Gasteiger partial charge in [-0.1, -0.05) is 83.9 Å². The second-order valence-corrected chi connectivity index (χ2v) is 25.0. The van der Waals surface area contributed by atoms with E-state index in [-0.39, 0.29) is 63.7 Å². The lowest BCUT2D eigenvalue weighted by molar-refractivity contribution is -0.142. The molecule has 16 nitrogen and oxygen atoms in total. The van der Waals surface area contributed by atoms with E-state index in [0.29, 0.717) is 112 Å². The van der Waals surface area contributed by atoms with Gasteiger partial charge in [0.15, 0.2) is 0 Å². The molecular weight excluding hydrogens is 1040 g/mol. The smallest absolute Gasteiger partial charge is 0.410 e. The lowest BCUT2D eigenvalue weighted by Crippen LogP contribution is -2.54. The fourth-order valence-corrected chi connectivity index (χ4v) is 13.4. The summed E-state index contributed by atoms with van der Waals surface area (Å²) in [4.78, 5) is 46.0. The van der Waals surface area contributed by atoms with Crippen LogP contribution in [-0.4, -0.2) is 119 Å². The topological polar surface area (TPSA) is 199 Å². The first-order valence-electron chi connectivity index (χ1n) is 26.3. The number of hydrogen-bond donors (Lipinski definition) is 5. The predicted octanol–water partition coefficient (Wildman–Crippen LogP) is 9.21. The van der Waals surface area contributed by atoms with Gasteiger partial charge in [-0.05, 0) is 134 Å². The van der Waals surface area contributed by atoms with Crippen LogP contribution in [0.25, 0.3) is 0 Å². The van der Waals surface area contributed by atoms with E-state index in [4.69, 9.17) is 27.9 Å². The summed E-state index contributed by atoms with van der Waals surface area (Å²) in [5.41, 5.74) is 2.69. The van der Waals surface area contributed by atoms with Crippen molar-refractivity contribution in [1.82, 2.24) is 29.5 Å². The molecular formula is C55H74Cl2N8O8S2. The third-order valence-electron chi connectivity index (χ3n) is 14.2. The van der Waals surface area contributed by atoms with Crippen molar-refractivity contribution in [3.63, 3.8) is 0 Å². The van der Waals surface area contributed by atoms with Crippen LogP contribution in [0, 0.1) is 11.8 Å². The second-order valence-electron chi connectivity index (χ2n) is 20.7. The molecule has 3 amide bonds. The Hall–Kier alpha value is -4.95. The van der Waals surface area contributed by atoms with Gasteiger partial charge >= 0.3 is 6.09 Å². The largest absolute Gasteiger partial charge is 0.444 e. The maximum atomic E-state index is 13.8. The maximum absolute atomic E-state index is 13.8. The highest BCUT2D eigenvalue weighted by Gasteiger charge is 2.40. The summed E-state index contributed by atoms with van der Waals surface area (Å²) in [6.45, 7) is 14.0. The standard InChI is InChI=1S/C30H41ClN4O5S.C25H33ClN4O3S/c1-5-32-26-19-24(15-16-25(26)31)41(38,39)33-23-13-11-22(12-14-23)28(36)35-18-17-34(29(37)40-30(2,3)4)20-27(35)21-9-7-6-8-10-21;1-2-28-23-16-21(12-13-22(23)26)34(32,33)29-20-10-8-19(9-11-20)25(31)30-15-14-27-17-24(30)18-6-4-3-5-7-18/h6-10,15-16,19,22-23,27,32-33H,5,11-14,17-18,20H2,1-4H3;3-7,12-13,16,19-20,24,27-29H,2,8-11,14-15,17H2,1H3/t22?,23?,27-;19?,20?,24-/m11/s1. The molecule has 2 aliphatic carbocycles. The lowest BCUT2D eigenvalue weighted by Gasteiger charge is -2.43. The number of nitrogens with zero attached hydrogens (tertiary/aromatic N) is 3. The summed E-state index contributed by atoms with van der Waals surface area (Å²) < 4.78 is 63.4. The van der Waals surface area contributed by atoms with Crippen molar-refractivity contribution in [1.29, 1.82) is 0 Å². The highest BCUT2D eigenvalue weighted by Crippen LogP contribution is 2.35. The number of carbonyl (C=O) groups is 3. The van der Waals surface area contributed by atoms with E-state index in [0.717, 1.165) is 24.2 Å². The van der Waals surface area contributed by atoms with E-state index in [9.17, 15) is 31.2 Å². The van der Waals surface area contributed by atoms with Crippen LogP contribution in [0.1, 0.15) is 109 Å². The Morgan fingerprint density at radius 1 is 0.613 bits per heavy atom. The molecule has 0 radical (unpaired) electrons. The number of ether oxygens (including phenoxy) is 1. The zero-order valence-corrected chi connectivity index (χ0v) is 46.8. The van der Waals surface area contributed by atoms with Gasteiger partial charge in [0.2, 0.25) is 31.9 Å². The van der Waals surface area contributed by atoms with Gasteiger partial charge in [-0.25, -0.2) is 31.1 Å². The van der Waals surface area contributed by atoms with E-state index < -0.39 is 25.6 Å². The number of benzene rings is 4. The first kappa shape index (κ1) is 57.7. The van der Waals surface area contributed by atoms with Crippen molar-refractivity contribution in [3.8, 4) is 0 Å². The predicted molar refractivity (Wildman–Crippen MR) is 296 cm³/mol. The summed E-state index contributed by atoms with van der Waals surface area (Å²) in [5.74, 6) is -0.0338. The molecule has 408 valence electrons. The van der Waals surface area contributed by atoms with E-state index in [1.807, 2.05) is 92.9 Å². The van der Waals surface area contributed by atoms with Gasteiger partial charge in [0.05, 0.1) is 43.3 Å². The molecule has 4 aromatic rings. The van der Waals surface area contributed by atoms with Crippen LogP contribution < -0.4 is 25.4 Å². The molecule has 2 saturated carbocycles. The number of halogens is 2. The molecule has 8 rings (SSSR count). The number of anilines is 2. The van der Waals surface area contributed by atoms with Crippen LogP contribution in [0.3, 0.4) is 0 Å². The zero-order chi connectivity index (χ0) is 53.9. The summed E-state index contributed by atoms with van der Waals surface area (Å²) in [6.07, 6.45) is 4.58. The van der Waals surface area contributed by atoms with Crippen LogP contribution in [0.2, 0.25) is 10.0 Å². The minimum absolute atomic E-state index is 0.0366. The van der Waals surface area contributed by atoms with E-state index >= 15 is 0 Å². The number of carbonyl (C=O) groups excluding carboxylic acids is 3. The van der Waals surface area contributed by atoms with Gasteiger partial charge in [-0.15, -0.1) is 0 Å². The van der Waals surface area contributed by atoms with Crippen molar-refractivity contribution in [3.05, 3.63) is 118 Å². The molecule has 4 aromatic carbocycles. The molecule has 2 saturated heterocycles. The molecule has 2 heterocycles. The van der Waals surface area contributed by atoms with Crippen LogP contribution in [-0.2, 0) is 34.4 Å². The van der Waals surface area contributed by atoms with Crippen LogP contribution in [0.15, 0.2) is 107 Å². The number of nitrogens with one attached hydrogen (secondary N) is 5. The molecule has 20 heteroatoms. The molecule has 0 unspecified atom stereocenters. The van der Waals surface area contributed by atoms with Crippen LogP contribution >= 0.6 is 23.2 Å². The molecule has 4 aliphatic rings. The highest BCUT2D eigenvalue weighted by molar-refractivity contribution is 7.89. The SMILES string of the molecule is CCNc1cc(S(=O)(=O)NC2CCC(C(=O)N3CCN(C(=O)OC(C)(C)C)C[C@@H]3c3ccccc3)CC2)ccc1Cl.CCNc1cc(S(=O)(=O)NC2CCC(C(=O)N3CCNC[C@@H]3c3ccccc3)CC2)ccc1Cl. The Kier molecular flexibility index (Phi) is 20.0. The molecule has 0 spiro atoms. The lowest BCUT2D eigenvalue weighted by atomic mass is 9.85. The van der Waals surface area contributed by atoms with Gasteiger partial charge in [0.25, 0.3) is 0 Å². The van der Waals surface area contributed by atoms with Crippen LogP contribution in [0.4, 0.5) is 16.2 Å². The highest BCUT2D eigenvalue weighted by atomic mass is 35.5. The molecule has 75 heavy (non-hydrogen) atoms. The van der Waals surface area contributed by atoms with E-state index in [1.54, 1.807) is 29.2 Å². The van der Waals surface area contributed by atoms with Crippen molar-refractivity contribution < 1.29 is 36.0 Å². The number of sulfonamides is 2. The van der Waals surface area contributed by atoms with Crippen molar-refractivity contribution >= 4 is 72.5 Å². The molecule has 2 atom stereocenters. The normalized spacial score (nSPS) is 22.6. The van der Waals surface area contributed by atoms with Crippen molar-refractivity contribution in [2.45, 2.75) is 126 Å². The third-order valence-corrected chi connectivity index (χ3v) is 17.9. The van der Waals surface area contributed by atoms with Gasteiger partial charge in [0, 0.05) is 76.3 Å². The first-order valence-corrected chi connectivity index (χ1v) is 30.0. The van der Waals surface area contributed by atoms with Crippen molar-refractivity contribution in [2.24, 2.45) is 11.8 Å². The summed E-state index contributed by atoms with van der Waals surface area (Å²) in [7, 11) is -7.41. The Labute approximate surface area is 454 Å². The second kappa shape index (κ2) is 25.9. The zero-order valence-electron chi connectivity index (χ0n) is 43.7. The summed E-state index contributed by atoms with van der Waals surface area (Å²) in [6, 6.07) is 28.5. The van der Waals surface area contributed by atoms with Gasteiger partial charge in [0.1, 0.15) is 5.60 Å². The summed E-state index contributed by atoms with van der Waals surface area (Å²) >= 11 is 12.3. The van der Waals surface area contributed by atoms with Crippen LogP contribution in [0.5, 0.6) is 0 Å². The average Bonchev–Trinajstić information content (AvgIpc) is 3.40. The molecule has 4 fully saturated rings. The quantitative estimate of drug-likeness (QED) is 0.0807. The molecule has 5 N–H and O–H groups in total. The van der Waals surface area contributed by atoms with Gasteiger partial charge < -0.3 is 35.4 Å². The molecule has 2 aliphatic heterocycles. The van der Waals surface area contributed by atoms with E-state index in [1.165, 1.54) is 12.1 Å². The monoisotopic (exact) mass is 1110 g/mol. The Morgan fingerprint density at radius 2 is 1.05 bits per heavy atom. The number of rotatable bonds is 14. The van der Waals surface area contributed by atoms with Crippen molar-refractivity contribution in [2.75, 3.05) is 63.0 Å². The first-order chi connectivity index (χ1) is 35.8. The Balaban J connectivity index is 0.000000222. The fourth-order valence-electron chi connectivity index (χ4n) is 10.4. The minimum Gasteiger partial charge on any atom is -0.444 e. The minimum atomic E-state index is -3.74. The Bertz CT molecular complexity index is 2790. The Morgan fingerprint density at radius 3 is 1.49 bits per heavy atom. The van der Waals surface area contributed by atoms with Gasteiger partial charge in [-0.2, -0.15) is 0 Å². The number of hydrogen-bond acceptors (Lipinski definition) is 11. The third kappa shape index (κ3) is 15.4. The number of amides is 3. The van der Waals surface area contributed by atoms with E-state index in [2.05, 4.69) is 37.5 Å². The van der Waals surface area contributed by atoms with Gasteiger partial charge in [-0.3, -0.25) is 9.59 Å². The average molecular weight is 1110 g/mol. The fraction of sp³-hybridized carbons (Fsp3) is 0.509. The maximum Gasteiger partial charge on any atom is 0.410 e. The molecule has 0 bridgehead atoms.